The molecule has 42 heavy (non-hydrogen) atoms. The minimum Gasteiger partial charge on any atom is -0.336 e. The number of nitrogens with zero attached hydrogens (tertiary/aromatic N) is 3. The van der Waals surface area contributed by atoms with Crippen LogP contribution in [0.25, 0.3) is 21.8 Å². The Balaban J connectivity index is 1.42. The molecule has 7 heteroatoms. The summed E-state index contributed by atoms with van der Waals surface area (Å²) in [5.41, 5.74) is 6.39. The second kappa shape index (κ2) is 11.1. The molecule has 200 valence electrons. The molecule has 5 aromatic carbocycles. The van der Waals surface area contributed by atoms with Crippen LogP contribution in [0.4, 0.5) is 11.4 Å². The summed E-state index contributed by atoms with van der Waals surface area (Å²) in [7, 11) is 0. The van der Waals surface area contributed by atoms with E-state index in [1.165, 1.54) is 29.8 Å². The molecule has 0 amide bonds. The van der Waals surface area contributed by atoms with Gasteiger partial charge in [-0.05, 0) is 66.2 Å². The normalized spacial score (nSPS) is 10.5. The SMILES string of the molecule is O=[N+]([O-])c1ccc(C#Cc2ccc3c(c2)c2cc(C#Cc4ccc([N+](=O)[O-])cc4)ccc2n3Cc2ccccc2)cc1. The maximum absolute atomic E-state index is 10.9. The van der Waals surface area contributed by atoms with Crippen molar-refractivity contribution in [3.63, 3.8) is 0 Å². The Morgan fingerprint density at radius 2 is 0.929 bits per heavy atom. The van der Waals surface area contributed by atoms with Gasteiger partial charge in [-0.25, -0.2) is 0 Å². The van der Waals surface area contributed by atoms with Crippen molar-refractivity contribution >= 4 is 33.2 Å². The van der Waals surface area contributed by atoms with Crippen LogP contribution in [0.2, 0.25) is 0 Å². The Morgan fingerprint density at radius 1 is 0.524 bits per heavy atom. The van der Waals surface area contributed by atoms with Crippen molar-refractivity contribution in [2.24, 2.45) is 0 Å². The van der Waals surface area contributed by atoms with E-state index in [-0.39, 0.29) is 11.4 Å². The minimum atomic E-state index is -0.430. The molecule has 0 spiro atoms. The first-order valence-corrected chi connectivity index (χ1v) is 13.1. The zero-order valence-electron chi connectivity index (χ0n) is 22.2. The summed E-state index contributed by atoms with van der Waals surface area (Å²) >= 11 is 0. The summed E-state index contributed by atoms with van der Waals surface area (Å²) in [5, 5.41) is 24.0. The van der Waals surface area contributed by atoms with E-state index < -0.39 is 9.85 Å². The number of hydrogen-bond acceptors (Lipinski definition) is 4. The van der Waals surface area contributed by atoms with E-state index in [1.807, 2.05) is 30.3 Å². The molecule has 0 aliphatic carbocycles. The predicted octanol–water partition coefficient (Wildman–Crippen LogP) is 7.46. The molecular formula is C35H21N3O4. The van der Waals surface area contributed by atoms with Crippen LogP contribution in [0.15, 0.2) is 115 Å². The Morgan fingerprint density at radius 3 is 1.36 bits per heavy atom. The fourth-order valence-corrected chi connectivity index (χ4v) is 4.82. The fraction of sp³-hybridized carbons (Fsp3) is 0.0286. The van der Waals surface area contributed by atoms with E-state index in [0.29, 0.717) is 17.7 Å². The molecule has 7 nitrogen and oxygen atoms in total. The maximum Gasteiger partial charge on any atom is 0.269 e. The molecule has 0 saturated heterocycles. The fourth-order valence-electron chi connectivity index (χ4n) is 4.82. The Hall–Kier alpha value is -6.18. The van der Waals surface area contributed by atoms with Crippen LogP contribution >= 0.6 is 0 Å². The third-order valence-electron chi connectivity index (χ3n) is 6.91. The van der Waals surface area contributed by atoms with Crippen molar-refractivity contribution in [2.45, 2.75) is 6.54 Å². The highest BCUT2D eigenvalue weighted by atomic mass is 16.6. The van der Waals surface area contributed by atoms with Crippen LogP contribution in [0.5, 0.6) is 0 Å². The van der Waals surface area contributed by atoms with Gasteiger partial charge in [-0.15, -0.1) is 0 Å². The summed E-state index contributed by atoms with van der Waals surface area (Å²) in [6, 6.07) is 34.9. The number of aromatic nitrogens is 1. The number of rotatable bonds is 4. The molecule has 1 heterocycles. The van der Waals surface area contributed by atoms with Gasteiger partial charge in [-0.2, -0.15) is 0 Å². The number of nitro benzene ring substituents is 2. The minimum absolute atomic E-state index is 0.0284. The highest BCUT2D eigenvalue weighted by Crippen LogP contribution is 2.31. The second-order valence-corrected chi connectivity index (χ2v) is 9.64. The van der Waals surface area contributed by atoms with E-state index in [2.05, 4.69) is 64.6 Å². The highest BCUT2D eigenvalue weighted by Gasteiger charge is 2.12. The van der Waals surface area contributed by atoms with Crippen LogP contribution in [0.3, 0.4) is 0 Å². The number of non-ortho nitro benzene ring substituents is 2. The Labute approximate surface area is 241 Å². The van der Waals surface area contributed by atoms with E-state index in [9.17, 15) is 20.2 Å². The number of hydrogen-bond donors (Lipinski definition) is 0. The zero-order chi connectivity index (χ0) is 29.1. The smallest absolute Gasteiger partial charge is 0.269 e. The first-order valence-electron chi connectivity index (χ1n) is 13.1. The van der Waals surface area contributed by atoms with Gasteiger partial charge in [0.05, 0.1) is 9.85 Å². The van der Waals surface area contributed by atoms with Crippen molar-refractivity contribution in [1.82, 2.24) is 4.57 Å². The van der Waals surface area contributed by atoms with E-state index in [4.69, 9.17) is 0 Å². The second-order valence-electron chi connectivity index (χ2n) is 9.64. The molecule has 0 saturated carbocycles. The van der Waals surface area contributed by atoms with Crippen molar-refractivity contribution in [3.8, 4) is 23.7 Å². The topological polar surface area (TPSA) is 91.2 Å². The largest absolute Gasteiger partial charge is 0.336 e. The van der Waals surface area contributed by atoms with Crippen LogP contribution in [-0.4, -0.2) is 14.4 Å². The molecule has 0 radical (unpaired) electrons. The lowest BCUT2D eigenvalue weighted by Crippen LogP contribution is -1.99. The summed E-state index contributed by atoms with van der Waals surface area (Å²) in [4.78, 5) is 21.0. The lowest BCUT2D eigenvalue weighted by Gasteiger charge is -2.08. The van der Waals surface area contributed by atoms with E-state index in [0.717, 1.165) is 32.9 Å². The summed E-state index contributed by atoms with van der Waals surface area (Å²) in [5.74, 6) is 12.6. The Kier molecular flexibility index (Phi) is 6.91. The van der Waals surface area contributed by atoms with Crippen LogP contribution in [-0.2, 0) is 6.54 Å². The molecule has 0 fully saturated rings. The predicted molar refractivity (Wildman–Crippen MR) is 163 cm³/mol. The van der Waals surface area contributed by atoms with Crippen LogP contribution in [0.1, 0.15) is 27.8 Å². The summed E-state index contributed by atoms with van der Waals surface area (Å²) in [6.45, 7) is 0.697. The molecule has 0 aliphatic heterocycles. The van der Waals surface area contributed by atoms with Gasteiger partial charge < -0.3 is 4.57 Å². The monoisotopic (exact) mass is 547 g/mol. The molecule has 0 bridgehead atoms. The third-order valence-corrected chi connectivity index (χ3v) is 6.91. The molecule has 6 rings (SSSR count). The van der Waals surface area contributed by atoms with Gasteiger partial charge in [0.1, 0.15) is 0 Å². The van der Waals surface area contributed by atoms with Gasteiger partial charge in [0.2, 0.25) is 0 Å². The first-order chi connectivity index (χ1) is 20.4. The van der Waals surface area contributed by atoms with Gasteiger partial charge in [0, 0.05) is 74.9 Å². The average Bonchev–Trinajstić information content (AvgIpc) is 3.31. The number of fused-ring (bicyclic) bond motifs is 3. The van der Waals surface area contributed by atoms with Crippen molar-refractivity contribution in [1.29, 1.82) is 0 Å². The first kappa shape index (κ1) is 26.1. The molecule has 0 aliphatic rings. The third kappa shape index (κ3) is 5.44. The van der Waals surface area contributed by atoms with Crippen molar-refractivity contribution in [2.75, 3.05) is 0 Å². The lowest BCUT2D eigenvalue weighted by atomic mass is 10.1. The van der Waals surface area contributed by atoms with Gasteiger partial charge in [0.25, 0.3) is 11.4 Å². The quantitative estimate of drug-likeness (QED) is 0.130. The molecule has 0 unspecified atom stereocenters. The van der Waals surface area contributed by atoms with Crippen molar-refractivity contribution in [3.05, 3.63) is 163 Å². The lowest BCUT2D eigenvalue weighted by molar-refractivity contribution is -0.385. The summed E-state index contributed by atoms with van der Waals surface area (Å²) in [6.07, 6.45) is 0. The maximum atomic E-state index is 10.9. The molecule has 1 aromatic heterocycles. The Bertz CT molecular complexity index is 1970. The van der Waals surface area contributed by atoms with Crippen molar-refractivity contribution < 1.29 is 9.85 Å². The van der Waals surface area contributed by atoms with Gasteiger partial charge in [0.15, 0.2) is 0 Å². The molecule has 6 aromatic rings. The van der Waals surface area contributed by atoms with Gasteiger partial charge in [-0.3, -0.25) is 20.2 Å². The number of benzene rings is 5. The highest BCUT2D eigenvalue weighted by molar-refractivity contribution is 6.09. The van der Waals surface area contributed by atoms with Crippen LogP contribution in [0, 0.1) is 43.9 Å². The molecule has 0 atom stereocenters. The standard InChI is InChI=1S/C35H21N3O4/c39-37(40)30-16-10-25(11-17-30)6-8-27-14-20-34-32(22-27)33-23-28(9-7-26-12-18-31(19-13-26)38(41)42)15-21-35(33)36(34)24-29-4-2-1-3-5-29/h1-5,10-23H,24H2. The van der Waals surface area contributed by atoms with Gasteiger partial charge in [-0.1, -0.05) is 54.0 Å². The molecular weight excluding hydrogens is 526 g/mol. The van der Waals surface area contributed by atoms with Crippen LogP contribution < -0.4 is 0 Å². The molecule has 0 N–H and O–H groups in total. The van der Waals surface area contributed by atoms with Gasteiger partial charge >= 0.3 is 0 Å². The zero-order valence-corrected chi connectivity index (χ0v) is 22.2. The average molecular weight is 548 g/mol. The number of nitro groups is 2. The van der Waals surface area contributed by atoms with E-state index in [1.54, 1.807) is 24.3 Å². The van der Waals surface area contributed by atoms with E-state index >= 15 is 0 Å². The summed E-state index contributed by atoms with van der Waals surface area (Å²) < 4.78 is 2.28.